The Kier molecular flexibility index (Phi) is 15.9. The van der Waals surface area contributed by atoms with Crippen molar-refractivity contribution < 1.29 is 23.5 Å². The van der Waals surface area contributed by atoms with Gasteiger partial charge >= 0.3 is 0 Å². The molecule has 0 unspecified atom stereocenters. The minimum Gasteiger partial charge on any atom is -0.397 e. The smallest absolute Gasteiger partial charge is 0.254 e. The number of nitrogens with zero attached hydrogens (tertiary/aromatic N) is 8. The molecule has 0 fully saturated rings. The summed E-state index contributed by atoms with van der Waals surface area (Å²) in [6, 6.07) is 19.2. The second-order valence-electron chi connectivity index (χ2n) is 13.2. The summed E-state index contributed by atoms with van der Waals surface area (Å²) in [5.74, 6) is -1.10. The van der Waals surface area contributed by atoms with E-state index in [-0.39, 0.29) is 49.6 Å². The van der Waals surface area contributed by atoms with Crippen molar-refractivity contribution in [3.63, 3.8) is 0 Å². The Morgan fingerprint density at radius 2 is 1.07 bits per heavy atom. The molecular formula is C45H45BrF2N10O3. The van der Waals surface area contributed by atoms with E-state index < -0.39 is 0 Å². The molecular weight excluding hydrogens is 846 g/mol. The number of amides is 2. The summed E-state index contributed by atoms with van der Waals surface area (Å²) in [5.41, 5.74) is 5.56. The fourth-order valence-corrected chi connectivity index (χ4v) is 6.75. The molecule has 2 atom stereocenters. The Hall–Kier alpha value is -6.78. The first-order valence-corrected chi connectivity index (χ1v) is 19.8. The molecule has 0 aliphatic carbocycles. The molecule has 16 heteroatoms. The highest BCUT2D eigenvalue weighted by Gasteiger charge is 2.20. The van der Waals surface area contributed by atoms with Crippen molar-refractivity contribution in [1.29, 1.82) is 0 Å². The normalized spacial score (nSPS) is 11.6. The molecule has 8 aromatic rings. The van der Waals surface area contributed by atoms with E-state index in [4.69, 9.17) is 5.11 Å². The van der Waals surface area contributed by atoms with Gasteiger partial charge in [-0.05, 0) is 120 Å². The molecule has 6 heterocycles. The summed E-state index contributed by atoms with van der Waals surface area (Å²) < 4.78 is 30.4. The van der Waals surface area contributed by atoms with Gasteiger partial charge in [0.15, 0.2) is 0 Å². The van der Waals surface area contributed by atoms with E-state index in [0.717, 1.165) is 24.0 Å². The lowest BCUT2D eigenvalue weighted by Crippen LogP contribution is -2.28. The Morgan fingerprint density at radius 1 is 0.639 bits per heavy atom. The molecule has 61 heavy (non-hydrogen) atoms. The van der Waals surface area contributed by atoms with Crippen molar-refractivity contribution >= 4 is 49.6 Å². The van der Waals surface area contributed by atoms with Crippen LogP contribution in [-0.4, -0.2) is 63.0 Å². The van der Waals surface area contributed by atoms with Crippen molar-refractivity contribution in [1.82, 2.24) is 50.1 Å². The number of carbonyl (C=O) groups excluding carboxylic acids is 2. The van der Waals surface area contributed by atoms with Crippen molar-refractivity contribution in [2.24, 2.45) is 0 Å². The number of benzene rings is 2. The highest BCUT2D eigenvalue weighted by molar-refractivity contribution is 9.10. The van der Waals surface area contributed by atoms with Crippen LogP contribution < -0.4 is 10.6 Å². The number of halogens is 3. The Bertz CT molecular complexity index is 2680. The fourth-order valence-electron chi connectivity index (χ4n) is 6.37. The summed E-state index contributed by atoms with van der Waals surface area (Å²) in [5, 5.41) is 23.8. The third-order valence-corrected chi connectivity index (χ3v) is 9.75. The highest BCUT2D eigenvalue weighted by Crippen LogP contribution is 2.25. The van der Waals surface area contributed by atoms with E-state index in [1.807, 2.05) is 38.1 Å². The molecule has 314 valence electrons. The van der Waals surface area contributed by atoms with Gasteiger partial charge in [0.05, 0.1) is 70.4 Å². The van der Waals surface area contributed by atoms with Crippen molar-refractivity contribution in [2.45, 2.75) is 53.1 Å². The maximum atomic E-state index is 13.2. The van der Waals surface area contributed by atoms with E-state index >= 15 is 0 Å². The number of carbonyl (C=O) groups is 2. The fraction of sp³-hybridized carbons (Fsp3) is 0.200. The molecule has 0 spiro atoms. The monoisotopic (exact) mass is 890 g/mol. The number of hydrogen-bond acceptors (Lipinski definition) is 9. The summed E-state index contributed by atoms with van der Waals surface area (Å²) in [6.07, 6.45) is 16.2. The molecule has 13 nitrogen and oxygen atoms in total. The summed E-state index contributed by atoms with van der Waals surface area (Å²) in [4.78, 5) is 42.5. The van der Waals surface area contributed by atoms with Crippen LogP contribution in [0, 0.1) is 11.6 Å². The number of aliphatic hydroxyl groups is 1. The number of aromatic nitrogens is 8. The van der Waals surface area contributed by atoms with Gasteiger partial charge in [-0.2, -0.15) is 10.2 Å². The van der Waals surface area contributed by atoms with Crippen LogP contribution in [0.3, 0.4) is 0 Å². The Labute approximate surface area is 360 Å². The largest absolute Gasteiger partial charge is 0.397 e. The first kappa shape index (κ1) is 45.3. The minimum atomic E-state index is -0.322. The topological polar surface area (TPSA) is 166 Å². The molecule has 3 N–H and O–H groups in total. The number of aliphatic hydroxyl groups excluding tert-OH is 1. The van der Waals surface area contributed by atoms with Gasteiger partial charge in [0.2, 0.25) is 0 Å². The second-order valence-corrected chi connectivity index (χ2v) is 14.0. The van der Waals surface area contributed by atoms with Gasteiger partial charge in [-0.25, -0.2) is 23.1 Å². The lowest BCUT2D eigenvalue weighted by molar-refractivity contribution is 0.0928. The zero-order valence-corrected chi connectivity index (χ0v) is 34.5. The van der Waals surface area contributed by atoms with E-state index in [9.17, 15) is 18.4 Å². The molecule has 0 aliphatic heterocycles. The van der Waals surface area contributed by atoms with Crippen LogP contribution in [0.15, 0.2) is 133 Å². The maximum absolute atomic E-state index is 13.2. The summed E-state index contributed by atoms with van der Waals surface area (Å²) in [6.45, 7) is 5.95. The minimum absolute atomic E-state index is 0. The lowest BCUT2D eigenvalue weighted by atomic mass is 10.1. The van der Waals surface area contributed by atoms with Crippen molar-refractivity contribution in [3.05, 3.63) is 167 Å². The Morgan fingerprint density at radius 3 is 1.49 bits per heavy atom. The predicted molar refractivity (Wildman–Crippen MR) is 234 cm³/mol. The first-order valence-electron chi connectivity index (χ1n) is 19.0. The first-order chi connectivity index (χ1) is 29.1. The number of fused-ring (bicyclic) bond motifs is 2. The third-order valence-electron chi connectivity index (χ3n) is 9.31. The van der Waals surface area contributed by atoms with Crippen LogP contribution in [0.25, 0.3) is 33.2 Å². The van der Waals surface area contributed by atoms with Crippen LogP contribution in [0.5, 0.6) is 0 Å². The molecule has 0 aliphatic rings. The number of pyridine rings is 4. The van der Waals surface area contributed by atoms with Gasteiger partial charge < -0.3 is 15.7 Å². The standard InChI is InChI=1S/C21H17BrFN5O.C21H18FN5O.C2H6O.CH4/c1-2-18(13-7-8-25-20(22)9-13)27-21(29)17-10-24-12-19-16(17)11-26-28(19)15-5-3-14(23)4-6-15;1-2-19(14-7-9-23-10-8-14)26-21(28)18-11-24-13-20-17(18)12-25-27(20)16-5-3-15(22)4-6-16;1-2-3;/h3-12,18H,2H2,1H3,(H,27,29);3-13,19H,2H2,1H3,(H,26,28);3H,2H2,1H3;1H4/t18-;19-;;/m00../s1. The molecule has 6 aromatic heterocycles. The van der Waals surface area contributed by atoms with E-state index in [1.54, 1.807) is 83.9 Å². The quantitative estimate of drug-likeness (QED) is 0.114. The average molecular weight is 892 g/mol. The predicted octanol–water partition coefficient (Wildman–Crippen LogP) is 9.07. The van der Waals surface area contributed by atoms with Crippen molar-refractivity contribution in [3.8, 4) is 11.4 Å². The second kappa shape index (κ2) is 21.5. The van der Waals surface area contributed by atoms with E-state index in [1.165, 1.54) is 36.7 Å². The van der Waals surface area contributed by atoms with Crippen LogP contribution in [-0.2, 0) is 0 Å². The molecule has 2 amide bonds. The van der Waals surface area contributed by atoms with Gasteiger partial charge in [-0.1, -0.05) is 21.3 Å². The molecule has 0 bridgehead atoms. The molecule has 8 rings (SSSR count). The number of rotatable bonds is 10. The van der Waals surface area contributed by atoms with Gasteiger partial charge in [0.25, 0.3) is 11.8 Å². The van der Waals surface area contributed by atoms with Crippen LogP contribution in [0.1, 0.15) is 85.0 Å². The van der Waals surface area contributed by atoms with E-state index in [2.05, 4.69) is 56.7 Å². The number of hydrogen-bond donors (Lipinski definition) is 3. The van der Waals surface area contributed by atoms with E-state index in [0.29, 0.717) is 48.9 Å². The van der Waals surface area contributed by atoms with Gasteiger partial charge in [0.1, 0.15) is 16.2 Å². The third kappa shape index (κ3) is 10.9. The highest BCUT2D eigenvalue weighted by atomic mass is 79.9. The molecule has 2 aromatic carbocycles. The van der Waals surface area contributed by atoms with Crippen molar-refractivity contribution in [2.75, 3.05) is 6.61 Å². The van der Waals surface area contributed by atoms with Gasteiger partial charge in [-0.15, -0.1) is 0 Å². The SMILES string of the molecule is C.CCO.CC[C@H](NC(=O)c1cncc2c1cnn2-c1ccc(F)cc1)c1ccnc(Br)c1.CC[C@H](NC(=O)c1cncc2c1cnn2-c1ccc(F)cc1)c1ccncc1. The zero-order chi connectivity index (χ0) is 42.6. The lowest BCUT2D eigenvalue weighted by Gasteiger charge is -2.17. The number of nitrogens with one attached hydrogen (secondary N) is 2. The van der Waals surface area contributed by atoms with Crippen LogP contribution in [0.2, 0.25) is 0 Å². The Balaban J connectivity index is 0.000000214. The summed E-state index contributed by atoms with van der Waals surface area (Å²) >= 11 is 3.36. The van der Waals surface area contributed by atoms with Crippen LogP contribution >= 0.6 is 15.9 Å². The zero-order valence-electron chi connectivity index (χ0n) is 32.9. The summed E-state index contributed by atoms with van der Waals surface area (Å²) in [7, 11) is 0. The van der Waals surface area contributed by atoms with Crippen LogP contribution in [0.4, 0.5) is 8.78 Å². The van der Waals surface area contributed by atoms with Gasteiger partial charge in [0, 0.05) is 48.4 Å². The molecule has 0 saturated carbocycles. The van der Waals surface area contributed by atoms with Gasteiger partial charge in [-0.3, -0.25) is 24.5 Å². The average Bonchev–Trinajstić information content (AvgIpc) is 3.91. The molecule has 0 radical (unpaired) electrons. The molecule has 0 saturated heterocycles. The maximum Gasteiger partial charge on any atom is 0.254 e.